The van der Waals surface area contributed by atoms with Crippen LogP contribution in [0.2, 0.25) is 0 Å². The Hall–Kier alpha value is -2.28. The summed E-state index contributed by atoms with van der Waals surface area (Å²) in [6.45, 7) is 6.44. The Morgan fingerprint density at radius 3 is 2.81 bits per heavy atom. The number of aliphatic carboxylic acids is 1. The van der Waals surface area contributed by atoms with E-state index in [1.807, 2.05) is 12.1 Å². The Morgan fingerprint density at radius 1 is 1.43 bits per heavy atom. The zero-order valence-corrected chi connectivity index (χ0v) is 12.4. The largest absolute Gasteiger partial charge is 0.478 e. The van der Waals surface area contributed by atoms with Crippen LogP contribution < -0.4 is 4.90 Å². The molecule has 21 heavy (non-hydrogen) atoms. The molecule has 1 aromatic carbocycles. The predicted octanol–water partition coefficient (Wildman–Crippen LogP) is 3.14. The molecule has 110 valence electrons. The van der Waals surface area contributed by atoms with Crippen molar-refractivity contribution in [1.82, 2.24) is 0 Å². The molecule has 2 rings (SSSR count). The number of carboxylic acids is 1. The van der Waals surface area contributed by atoms with Gasteiger partial charge in [0.05, 0.1) is 11.3 Å². The van der Waals surface area contributed by atoms with Crippen LogP contribution in [0.15, 0.2) is 24.3 Å². The minimum Gasteiger partial charge on any atom is -0.478 e. The number of carbonyl (C=O) groups is 1. The maximum atomic E-state index is 10.5. The molecule has 0 aromatic heterocycles. The van der Waals surface area contributed by atoms with Crippen LogP contribution >= 0.6 is 0 Å². The molecule has 2 unspecified atom stereocenters. The van der Waals surface area contributed by atoms with Gasteiger partial charge in [-0.2, -0.15) is 5.26 Å². The zero-order chi connectivity index (χ0) is 15.4. The van der Waals surface area contributed by atoms with Gasteiger partial charge in [0.15, 0.2) is 0 Å². The van der Waals surface area contributed by atoms with Crippen molar-refractivity contribution in [3.8, 4) is 6.07 Å². The number of carboxylic acid groups (broad SMARTS) is 1. The number of hydrogen-bond donors (Lipinski definition) is 1. The van der Waals surface area contributed by atoms with Gasteiger partial charge in [0, 0.05) is 19.2 Å². The van der Waals surface area contributed by atoms with Crippen LogP contribution in [0.25, 0.3) is 6.08 Å². The summed E-state index contributed by atoms with van der Waals surface area (Å²) in [7, 11) is 0. The third-order valence-electron chi connectivity index (χ3n) is 4.23. The number of nitrogens with zero attached hydrogens (tertiary/aromatic N) is 2. The molecule has 0 amide bonds. The molecule has 4 nitrogen and oxygen atoms in total. The van der Waals surface area contributed by atoms with E-state index in [1.54, 1.807) is 6.07 Å². The van der Waals surface area contributed by atoms with Gasteiger partial charge >= 0.3 is 5.97 Å². The summed E-state index contributed by atoms with van der Waals surface area (Å²) in [5.41, 5.74) is 2.28. The summed E-state index contributed by atoms with van der Waals surface area (Å²) in [5, 5.41) is 18.0. The molecule has 1 heterocycles. The summed E-state index contributed by atoms with van der Waals surface area (Å²) in [5.74, 6) is 0.331. The first-order valence-electron chi connectivity index (χ1n) is 7.21. The van der Waals surface area contributed by atoms with E-state index in [2.05, 4.69) is 24.8 Å². The highest BCUT2D eigenvalue weighted by Crippen LogP contribution is 2.29. The lowest BCUT2D eigenvalue weighted by Crippen LogP contribution is -2.38. The van der Waals surface area contributed by atoms with Gasteiger partial charge in [0.2, 0.25) is 0 Å². The number of nitriles is 1. The van der Waals surface area contributed by atoms with Crippen molar-refractivity contribution in [3.05, 3.63) is 35.4 Å². The van der Waals surface area contributed by atoms with Crippen LogP contribution in [0.5, 0.6) is 0 Å². The van der Waals surface area contributed by atoms with Crippen molar-refractivity contribution in [2.24, 2.45) is 11.8 Å². The molecule has 1 N–H and O–H groups in total. The molecule has 0 radical (unpaired) electrons. The molecule has 1 aliphatic heterocycles. The fourth-order valence-corrected chi connectivity index (χ4v) is 2.67. The van der Waals surface area contributed by atoms with Crippen LogP contribution in [0.1, 0.15) is 31.4 Å². The highest BCUT2D eigenvalue weighted by Gasteiger charge is 2.24. The molecule has 0 bridgehead atoms. The van der Waals surface area contributed by atoms with Crippen molar-refractivity contribution in [2.45, 2.75) is 20.3 Å². The van der Waals surface area contributed by atoms with E-state index < -0.39 is 5.97 Å². The summed E-state index contributed by atoms with van der Waals surface area (Å²) in [6.07, 6.45) is 3.72. The number of benzene rings is 1. The molecule has 1 fully saturated rings. The van der Waals surface area contributed by atoms with E-state index >= 15 is 0 Å². The molecule has 4 heteroatoms. The smallest absolute Gasteiger partial charge is 0.328 e. The van der Waals surface area contributed by atoms with Crippen molar-refractivity contribution in [3.63, 3.8) is 0 Å². The minimum atomic E-state index is -0.989. The Balaban J connectivity index is 2.25. The van der Waals surface area contributed by atoms with Crippen molar-refractivity contribution in [1.29, 1.82) is 5.26 Å². The van der Waals surface area contributed by atoms with E-state index in [-0.39, 0.29) is 0 Å². The molecule has 1 aliphatic rings. The van der Waals surface area contributed by atoms with Gasteiger partial charge in [-0.25, -0.2) is 4.79 Å². The molecule has 1 aromatic rings. The highest BCUT2D eigenvalue weighted by atomic mass is 16.4. The lowest BCUT2D eigenvalue weighted by atomic mass is 9.88. The fraction of sp³-hybridized carbons (Fsp3) is 0.412. The van der Waals surface area contributed by atoms with Crippen LogP contribution in [0, 0.1) is 23.2 Å². The van der Waals surface area contributed by atoms with Gasteiger partial charge in [-0.05, 0) is 42.0 Å². The van der Waals surface area contributed by atoms with Gasteiger partial charge in [0.1, 0.15) is 6.07 Å². The van der Waals surface area contributed by atoms with Gasteiger partial charge in [0.25, 0.3) is 0 Å². The molecular weight excluding hydrogens is 264 g/mol. The number of anilines is 1. The van der Waals surface area contributed by atoms with Gasteiger partial charge in [-0.1, -0.05) is 19.9 Å². The summed E-state index contributed by atoms with van der Waals surface area (Å²) in [4.78, 5) is 12.8. The van der Waals surface area contributed by atoms with E-state index in [0.717, 1.165) is 36.8 Å². The maximum Gasteiger partial charge on any atom is 0.328 e. The van der Waals surface area contributed by atoms with Crippen LogP contribution in [0.4, 0.5) is 5.69 Å². The lowest BCUT2D eigenvalue weighted by Gasteiger charge is -2.37. The summed E-state index contributed by atoms with van der Waals surface area (Å²) >= 11 is 0. The molecular formula is C17H20N2O2. The first-order chi connectivity index (χ1) is 10.0. The first-order valence-corrected chi connectivity index (χ1v) is 7.21. The maximum absolute atomic E-state index is 10.5. The third kappa shape index (κ3) is 3.63. The average molecular weight is 284 g/mol. The normalized spacial score (nSPS) is 22.2. The van der Waals surface area contributed by atoms with E-state index in [9.17, 15) is 10.1 Å². The Labute approximate surface area is 125 Å². The van der Waals surface area contributed by atoms with Gasteiger partial charge < -0.3 is 10.0 Å². The Bertz CT molecular complexity index is 601. The molecule has 0 aliphatic carbocycles. The minimum absolute atomic E-state index is 0.601. The standard InChI is InChI=1S/C17H20N2O2/c1-12-7-8-19(11-13(12)2)16-5-3-14(4-6-17(20)21)9-15(16)10-18/h3-6,9,12-13H,7-8,11H2,1-2H3,(H,20,21)/b6-4+. The second-order valence-corrected chi connectivity index (χ2v) is 5.75. The third-order valence-corrected chi connectivity index (χ3v) is 4.23. The monoisotopic (exact) mass is 284 g/mol. The lowest BCUT2D eigenvalue weighted by molar-refractivity contribution is -0.131. The van der Waals surface area contributed by atoms with Gasteiger partial charge in [-0.3, -0.25) is 0 Å². The van der Waals surface area contributed by atoms with E-state index in [4.69, 9.17) is 5.11 Å². The number of piperidine rings is 1. The number of rotatable bonds is 3. The first kappa shape index (κ1) is 15.1. The average Bonchev–Trinajstić information content (AvgIpc) is 2.47. The molecule has 0 saturated carbocycles. The van der Waals surface area contributed by atoms with Crippen molar-refractivity contribution in [2.75, 3.05) is 18.0 Å². The predicted molar refractivity (Wildman–Crippen MR) is 83.0 cm³/mol. The van der Waals surface area contributed by atoms with Gasteiger partial charge in [-0.15, -0.1) is 0 Å². The Kier molecular flexibility index (Phi) is 4.64. The topological polar surface area (TPSA) is 64.3 Å². The van der Waals surface area contributed by atoms with Crippen LogP contribution in [-0.2, 0) is 4.79 Å². The summed E-state index contributed by atoms with van der Waals surface area (Å²) < 4.78 is 0. The molecule has 0 spiro atoms. The highest BCUT2D eigenvalue weighted by molar-refractivity contribution is 5.85. The van der Waals surface area contributed by atoms with E-state index in [1.165, 1.54) is 6.08 Å². The second kappa shape index (κ2) is 6.45. The van der Waals surface area contributed by atoms with Crippen molar-refractivity contribution >= 4 is 17.7 Å². The van der Waals surface area contributed by atoms with Crippen LogP contribution in [-0.4, -0.2) is 24.2 Å². The molecule has 1 saturated heterocycles. The molecule has 2 atom stereocenters. The summed E-state index contributed by atoms with van der Waals surface area (Å²) in [6, 6.07) is 7.75. The second-order valence-electron chi connectivity index (χ2n) is 5.75. The van der Waals surface area contributed by atoms with Crippen molar-refractivity contribution < 1.29 is 9.90 Å². The van der Waals surface area contributed by atoms with E-state index in [0.29, 0.717) is 17.4 Å². The Morgan fingerprint density at radius 2 is 2.19 bits per heavy atom. The van der Waals surface area contributed by atoms with Crippen LogP contribution in [0.3, 0.4) is 0 Å². The SMILES string of the molecule is CC1CCN(c2ccc(/C=C/C(=O)O)cc2C#N)CC1C. The zero-order valence-electron chi connectivity index (χ0n) is 12.4. The fourth-order valence-electron chi connectivity index (χ4n) is 2.67. The number of hydrogen-bond acceptors (Lipinski definition) is 3. The quantitative estimate of drug-likeness (QED) is 0.866.